The third kappa shape index (κ3) is 62.8. The first-order valence-electron chi connectivity index (χ1n) is 35.7. The molecule has 0 aromatic heterocycles. The highest BCUT2D eigenvalue weighted by molar-refractivity contribution is 7.47. The molecule has 5 atom stereocenters. The second-order valence-electron chi connectivity index (χ2n) is 26.8. The van der Waals surface area contributed by atoms with Crippen molar-refractivity contribution in [3.63, 3.8) is 0 Å². The Balaban J connectivity index is 5.26. The lowest BCUT2D eigenvalue weighted by atomic mass is 10.0. The van der Waals surface area contributed by atoms with E-state index in [4.69, 9.17) is 37.0 Å². The van der Waals surface area contributed by atoms with Gasteiger partial charge in [0.1, 0.15) is 19.3 Å². The molecule has 522 valence electrons. The van der Waals surface area contributed by atoms with Crippen LogP contribution in [0.5, 0.6) is 0 Å². The minimum atomic E-state index is -4.95. The van der Waals surface area contributed by atoms with Crippen LogP contribution in [0.4, 0.5) is 0 Å². The summed E-state index contributed by atoms with van der Waals surface area (Å²) < 4.78 is 68.2. The Morgan fingerprint density at radius 3 is 0.705 bits per heavy atom. The van der Waals surface area contributed by atoms with Crippen molar-refractivity contribution in [1.29, 1.82) is 0 Å². The van der Waals surface area contributed by atoms with Crippen molar-refractivity contribution < 1.29 is 80.2 Å². The van der Waals surface area contributed by atoms with Crippen molar-refractivity contribution >= 4 is 39.5 Å². The molecule has 0 saturated heterocycles. The first-order chi connectivity index (χ1) is 42.1. The summed E-state index contributed by atoms with van der Waals surface area (Å²) in [5, 5.41) is 10.6. The molecule has 3 N–H and O–H groups in total. The highest BCUT2D eigenvalue weighted by Gasteiger charge is 2.30. The number of carbonyl (C=O) groups excluding carboxylic acids is 4. The normalized spacial score (nSPS) is 14.3. The van der Waals surface area contributed by atoms with Gasteiger partial charge in [-0.05, 0) is 49.4 Å². The lowest BCUT2D eigenvalue weighted by molar-refractivity contribution is -0.161. The number of carbonyl (C=O) groups is 4. The van der Waals surface area contributed by atoms with Crippen molar-refractivity contribution in [1.82, 2.24) is 0 Å². The molecule has 0 aromatic rings. The van der Waals surface area contributed by atoms with Crippen molar-refractivity contribution in [2.45, 2.75) is 356 Å². The number of phosphoric acid groups is 2. The average Bonchev–Trinajstić information content (AvgIpc) is 3.49. The zero-order chi connectivity index (χ0) is 65.4. The Bertz CT molecular complexity index is 1750. The SMILES string of the molecule is CC(C)CCCCCCCCCCCCCC(=O)O[C@H](COC(=O)CCCCCCCCCCCCC(C)C)COP(=O)(O)OC[C@@H](O)COP(=O)(O)OC[C@@H](COC(=O)CCCCCCCCC(C)C)OC(=O)CCCCCCCCCCCC(C)C. The summed E-state index contributed by atoms with van der Waals surface area (Å²) in [5.74, 6) is 0.807. The highest BCUT2D eigenvalue weighted by atomic mass is 31.2. The number of aliphatic hydroxyl groups is 1. The number of unbranched alkanes of at least 4 members (excludes halogenated alkanes) is 32. The second-order valence-corrected chi connectivity index (χ2v) is 29.7. The van der Waals surface area contributed by atoms with E-state index in [0.29, 0.717) is 31.6 Å². The van der Waals surface area contributed by atoms with E-state index in [2.05, 4.69) is 55.4 Å². The first-order valence-corrected chi connectivity index (χ1v) is 38.7. The number of ether oxygens (including phenoxy) is 4. The Morgan fingerprint density at radius 2 is 0.477 bits per heavy atom. The molecule has 17 nitrogen and oxygen atoms in total. The Kier molecular flexibility index (Phi) is 57.6. The molecule has 0 bridgehead atoms. The zero-order valence-electron chi connectivity index (χ0n) is 57.3. The summed E-state index contributed by atoms with van der Waals surface area (Å²) >= 11 is 0. The summed E-state index contributed by atoms with van der Waals surface area (Å²) in [6, 6.07) is 0. The van der Waals surface area contributed by atoms with Gasteiger partial charge in [0, 0.05) is 25.7 Å². The van der Waals surface area contributed by atoms with E-state index >= 15 is 0 Å². The molecule has 0 radical (unpaired) electrons. The molecule has 0 spiro atoms. The van der Waals surface area contributed by atoms with Gasteiger partial charge in [-0.25, -0.2) is 9.13 Å². The van der Waals surface area contributed by atoms with Gasteiger partial charge in [-0.2, -0.15) is 0 Å². The number of hydrogen-bond acceptors (Lipinski definition) is 15. The van der Waals surface area contributed by atoms with Gasteiger partial charge in [-0.3, -0.25) is 37.3 Å². The van der Waals surface area contributed by atoms with E-state index in [9.17, 15) is 43.2 Å². The van der Waals surface area contributed by atoms with Crippen LogP contribution >= 0.6 is 15.6 Å². The Hall–Kier alpha value is -1.94. The molecule has 2 unspecified atom stereocenters. The van der Waals surface area contributed by atoms with Gasteiger partial charge in [0.05, 0.1) is 26.4 Å². The molecule has 0 aliphatic carbocycles. The zero-order valence-corrected chi connectivity index (χ0v) is 59.1. The second kappa shape index (κ2) is 58.8. The predicted octanol–water partition coefficient (Wildman–Crippen LogP) is 19.3. The minimum Gasteiger partial charge on any atom is -0.462 e. The van der Waals surface area contributed by atoms with Gasteiger partial charge in [-0.1, -0.05) is 287 Å². The smallest absolute Gasteiger partial charge is 0.462 e. The summed E-state index contributed by atoms with van der Waals surface area (Å²) in [7, 11) is -9.90. The summed E-state index contributed by atoms with van der Waals surface area (Å²) in [4.78, 5) is 72.5. The molecule has 0 saturated carbocycles. The fourth-order valence-corrected chi connectivity index (χ4v) is 11.9. The fraction of sp³-hybridized carbons (Fsp3) is 0.942. The average molecular weight is 1300 g/mol. The maximum absolute atomic E-state index is 13.0. The third-order valence-corrected chi connectivity index (χ3v) is 17.7. The van der Waals surface area contributed by atoms with Crippen molar-refractivity contribution in [3.05, 3.63) is 0 Å². The summed E-state index contributed by atoms with van der Waals surface area (Å²) in [6.45, 7) is 14.0. The first kappa shape index (κ1) is 86.1. The van der Waals surface area contributed by atoms with Gasteiger partial charge in [0.25, 0.3) is 0 Å². The monoisotopic (exact) mass is 1300 g/mol. The molecule has 0 aliphatic rings. The van der Waals surface area contributed by atoms with Crippen LogP contribution in [0.15, 0.2) is 0 Å². The summed E-state index contributed by atoms with van der Waals surface area (Å²) in [5.41, 5.74) is 0. The molecule has 0 heterocycles. The highest BCUT2D eigenvalue weighted by Crippen LogP contribution is 2.45. The molecule has 0 aromatic carbocycles. The van der Waals surface area contributed by atoms with E-state index in [-0.39, 0.29) is 25.7 Å². The number of rotatable bonds is 66. The van der Waals surface area contributed by atoms with Gasteiger partial charge in [-0.15, -0.1) is 0 Å². The minimum absolute atomic E-state index is 0.104. The maximum Gasteiger partial charge on any atom is 0.472 e. The Labute approximate surface area is 537 Å². The fourth-order valence-electron chi connectivity index (χ4n) is 10.3. The topological polar surface area (TPSA) is 237 Å². The molecule has 0 amide bonds. The molecule has 0 rings (SSSR count). The molecule has 19 heteroatoms. The third-order valence-electron chi connectivity index (χ3n) is 15.8. The predicted molar refractivity (Wildman–Crippen MR) is 354 cm³/mol. The quantitative estimate of drug-likeness (QED) is 0.0222. The lowest BCUT2D eigenvalue weighted by Crippen LogP contribution is -2.30. The van der Waals surface area contributed by atoms with Crippen LogP contribution in [-0.2, 0) is 65.4 Å². The van der Waals surface area contributed by atoms with Gasteiger partial charge >= 0.3 is 39.5 Å². The molecule has 0 fully saturated rings. The van der Waals surface area contributed by atoms with Crippen LogP contribution in [0, 0.1) is 23.7 Å². The van der Waals surface area contributed by atoms with Crippen LogP contribution in [0.25, 0.3) is 0 Å². The number of esters is 4. The van der Waals surface area contributed by atoms with Crippen molar-refractivity contribution in [2.24, 2.45) is 23.7 Å². The molecular weight excluding hydrogens is 1160 g/mol. The van der Waals surface area contributed by atoms with Crippen LogP contribution in [0.3, 0.4) is 0 Å². The van der Waals surface area contributed by atoms with Gasteiger partial charge in [0.2, 0.25) is 0 Å². The van der Waals surface area contributed by atoms with E-state index in [1.165, 1.54) is 135 Å². The van der Waals surface area contributed by atoms with E-state index in [0.717, 1.165) is 114 Å². The standard InChI is InChI=1S/C69H134O17P2/c1-59(2)45-37-29-21-15-10-9-11-19-25-35-43-51-68(73)85-64(55-79-66(71)49-41-33-24-18-13-12-16-22-30-38-46-60(3)4)57-83-87(75,76)81-53-63(70)54-82-88(77,78)84-58-65(56-80-67(72)50-42-34-28-27-32-40-48-62(7)8)86-69(74)52-44-36-26-20-14-17-23-31-39-47-61(5)6/h59-65,70H,9-58H2,1-8H3,(H,75,76)(H,77,78)/t63-,64-,65-/m1/s1. The van der Waals surface area contributed by atoms with Crippen LogP contribution in [0.2, 0.25) is 0 Å². The summed E-state index contributed by atoms with van der Waals surface area (Å²) in [6.07, 6.45) is 40.4. The van der Waals surface area contributed by atoms with Crippen LogP contribution in [0.1, 0.15) is 338 Å². The van der Waals surface area contributed by atoms with Gasteiger partial charge in [0.15, 0.2) is 12.2 Å². The number of hydrogen-bond donors (Lipinski definition) is 3. The van der Waals surface area contributed by atoms with Crippen LogP contribution < -0.4 is 0 Å². The number of aliphatic hydroxyl groups excluding tert-OH is 1. The van der Waals surface area contributed by atoms with Gasteiger partial charge < -0.3 is 33.8 Å². The maximum atomic E-state index is 13.0. The van der Waals surface area contributed by atoms with Crippen LogP contribution in [-0.4, -0.2) is 96.7 Å². The molecule has 88 heavy (non-hydrogen) atoms. The van der Waals surface area contributed by atoms with Crippen molar-refractivity contribution in [2.75, 3.05) is 39.6 Å². The largest absolute Gasteiger partial charge is 0.472 e. The molecule has 0 aliphatic heterocycles. The lowest BCUT2D eigenvalue weighted by Gasteiger charge is -2.21. The van der Waals surface area contributed by atoms with E-state index < -0.39 is 97.5 Å². The van der Waals surface area contributed by atoms with Crippen molar-refractivity contribution in [3.8, 4) is 0 Å². The number of phosphoric ester groups is 2. The molecular formula is C69H134O17P2. The van der Waals surface area contributed by atoms with E-state index in [1.807, 2.05) is 0 Å². The Morgan fingerprint density at radius 1 is 0.284 bits per heavy atom. The van der Waals surface area contributed by atoms with E-state index in [1.54, 1.807) is 0 Å².